The van der Waals surface area contributed by atoms with Gasteiger partial charge in [0.15, 0.2) is 0 Å². The Morgan fingerprint density at radius 2 is 1.76 bits per heavy atom. The molecule has 1 aromatic carbocycles. The van der Waals surface area contributed by atoms with Crippen molar-refractivity contribution in [1.29, 1.82) is 0 Å². The van der Waals surface area contributed by atoms with Gasteiger partial charge in [-0.3, -0.25) is 4.57 Å². The fourth-order valence-electron chi connectivity index (χ4n) is 1.20. The molecular weight excluding hydrogens is 255 g/mol. The first-order chi connectivity index (χ1) is 8.12. The third kappa shape index (κ3) is 4.32. The Kier molecular flexibility index (Phi) is 6.00. The van der Waals surface area contributed by atoms with E-state index in [-0.39, 0.29) is 0 Å². The predicted molar refractivity (Wildman–Crippen MR) is 72.3 cm³/mol. The van der Waals surface area contributed by atoms with Crippen LogP contribution in [0, 0.1) is 0 Å². The van der Waals surface area contributed by atoms with Gasteiger partial charge < -0.3 is 9.05 Å². The van der Waals surface area contributed by atoms with Crippen molar-refractivity contribution in [2.75, 3.05) is 13.2 Å². The first-order valence-corrected chi connectivity index (χ1v) is 7.79. The zero-order chi connectivity index (χ0) is 12.7. The van der Waals surface area contributed by atoms with E-state index in [1.165, 1.54) is 11.8 Å². The van der Waals surface area contributed by atoms with Gasteiger partial charge in [-0.25, -0.2) is 0 Å². The molecule has 0 fully saturated rings. The number of hydrogen-bond donors (Lipinski definition) is 0. The number of benzene rings is 1. The van der Waals surface area contributed by atoms with Crippen LogP contribution in [0.4, 0.5) is 0 Å². The second kappa shape index (κ2) is 7.02. The molecule has 0 aliphatic rings. The van der Waals surface area contributed by atoms with E-state index >= 15 is 0 Å². The lowest BCUT2D eigenvalue weighted by Gasteiger charge is -2.18. The molecule has 1 aromatic rings. The zero-order valence-electron chi connectivity index (χ0n) is 10.1. The van der Waals surface area contributed by atoms with Crippen molar-refractivity contribution < 1.29 is 13.6 Å². The van der Waals surface area contributed by atoms with Crippen LogP contribution in [0.25, 0.3) is 0 Å². The highest BCUT2D eigenvalue weighted by molar-refractivity contribution is 8.10. The molecule has 0 saturated carbocycles. The van der Waals surface area contributed by atoms with E-state index in [1.54, 1.807) is 13.8 Å². The molecule has 0 unspecified atom stereocenters. The van der Waals surface area contributed by atoms with Crippen LogP contribution in [0.15, 0.2) is 46.5 Å². The van der Waals surface area contributed by atoms with Crippen LogP contribution in [0.2, 0.25) is 0 Å². The Hall–Kier alpha value is -0.540. The Balaban J connectivity index is 2.76. The third-order valence-corrected chi connectivity index (χ3v) is 5.38. The summed E-state index contributed by atoms with van der Waals surface area (Å²) in [5.74, 6) is 0. The van der Waals surface area contributed by atoms with Crippen LogP contribution in [0.1, 0.15) is 13.8 Å². The summed E-state index contributed by atoms with van der Waals surface area (Å²) in [5, 5.41) is 0. The summed E-state index contributed by atoms with van der Waals surface area (Å²) >= 11 is 1.32. The van der Waals surface area contributed by atoms with Gasteiger partial charge in [-0.1, -0.05) is 36.5 Å². The van der Waals surface area contributed by atoms with Gasteiger partial charge in [0.1, 0.15) is 0 Å². The maximum absolute atomic E-state index is 12.4. The lowest BCUT2D eigenvalue weighted by atomic mass is 10.4. The Morgan fingerprint density at radius 3 is 2.24 bits per heavy atom. The molecule has 0 bridgehead atoms. The van der Waals surface area contributed by atoms with Gasteiger partial charge in [0.05, 0.1) is 17.9 Å². The smallest absolute Gasteiger partial charge is 0.305 e. The highest BCUT2D eigenvalue weighted by atomic mass is 32.2. The summed E-state index contributed by atoms with van der Waals surface area (Å²) in [6.07, 6.45) is 0. The molecule has 0 aliphatic heterocycles. The molecule has 0 amide bonds. The molecule has 0 saturated heterocycles. The zero-order valence-corrected chi connectivity index (χ0v) is 11.8. The first-order valence-electron chi connectivity index (χ1n) is 5.44. The molecule has 0 spiro atoms. The van der Waals surface area contributed by atoms with E-state index in [1.807, 2.05) is 30.3 Å². The molecule has 1 rings (SSSR count). The third-order valence-electron chi connectivity index (χ3n) is 1.88. The molecule has 0 atom stereocenters. The lowest BCUT2D eigenvalue weighted by Crippen LogP contribution is -1.96. The van der Waals surface area contributed by atoms with E-state index < -0.39 is 7.60 Å². The molecule has 0 N–H and O–H groups in total. The van der Waals surface area contributed by atoms with E-state index in [2.05, 4.69) is 6.58 Å². The second-order valence-electron chi connectivity index (χ2n) is 3.14. The summed E-state index contributed by atoms with van der Waals surface area (Å²) in [4.78, 5) is 0.970. The molecule has 0 heterocycles. The normalized spacial score (nSPS) is 11.4. The monoisotopic (exact) mass is 272 g/mol. The van der Waals surface area contributed by atoms with Crippen molar-refractivity contribution >= 4 is 19.4 Å². The molecule has 94 valence electrons. The van der Waals surface area contributed by atoms with Crippen molar-refractivity contribution in [3.63, 3.8) is 0 Å². The fraction of sp³-hybridized carbons (Fsp3) is 0.333. The largest absolute Gasteiger partial charge is 0.367 e. The maximum atomic E-state index is 12.4. The molecule has 0 aliphatic carbocycles. The molecule has 0 aromatic heterocycles. The average Bonchev–Trinajstić information content (AvgIpc) is 2.31. The van der Waals surface area contributed by atoms with Gasteiger partial charge in [0.2, 0.25) is 0 Å². The van der Waals surface area contributed by atoms with Crippen LogP contribution in [0.5, 0.6) is 0 Å². The Bertz CT molecular complexity index is 395. The highest BCUT2D eigenvalue weighted by Crippen LogP contribution is 2.60. The molecule has 0 radical (unpaired) electrons. The topological polar surface area (TPSA) is 35.5 Å². The number of hydrogen-bond acceptors (Lipinski definition) is 4. The van der Waals surface area contributed by atoms with Gasteiger partial charge >= 0.3 is 7.60 Å². The quantitative estimate of drug-likeness (QED) is 0.540. The summed E-state index contributed by atoms with van der Waals surface area (Å²) in [7, 11) is -3.21. The van der Waals surface area contributed by atoms with Crippen LogP contribution < -0.4 is 0 Å². The summed E-state index contributed by atoms with van der Waals surface area (Å²) in [6.45, 7) is 8.05. The van der Waals surface area contributed by atoms with E-state index in [4.69, 9.17) is 9.05 Å². The average molecular weight is 272 g/mol. The molecule has 3 nitrogen and oxygen atoms in total. The van der Waals surface area contributed by atoms with Gasteiger partial charge in [0, 0.05) is 4.90 Å². The van der Waals surface area contributed by atoms with Crippen LogP contribution in [-0.4, -0.2) is 13.2 Å². The van der Waals surface area contributed by atoms with Crippen molar-refractivity contribution in [2.24, 2.45) is 0 Å². The lowest BCUT2D eigenvalue weighted by molar-refractivity contribution is 0.228. The Morgan fingerprint density at radius 1 is 1.24 bits per heavy atom. The predicted octanol–water partition coefficient (Wildman–Crippen LogP) is 4.52. The van der Waals surface area contributed by atoms with Gasteiger partial charge in [0.25, 0.3) is 0 Å². The molecule has 17 heavy (non-hydrogen) atoms. The molecular formula is C12H17O3PS. The summed E-state index contributed by atoms with van der Waals surface area (Å²) < 4.78 is 23.2. The van der Waals surface area contributed by atoms with E-state index in [9.17, 15) is 4.57 Å². The number of rotatable bonds is 7. The SMILES string of the molecule is C=C(Sc1ccccc1)P(=O)(OCC)OCC. The highest BCUT2D eigenvalue weighted by Gasteiger charge is 2.28. The number of thioether (sulfide) groups is 1. The summed E-state index contributed by atoms with van der Waals surface area (Å²) in [6, 6.07) is 9.62. The van der Waals surface area contributed by atoms with E-state index in [0.717, 1.165) is 4.90 Å². The first kappa shape index (κ1) is 14.5. The van der Waals surface area contributed by atoms with Gasteiger partial charge in [-0.15, -0.1) is 0 Å². The van der Waals surface area contributed by atoms with Crippen molar-refractivity contribution in [2.45, 2.75) is 18.7 Å². The maximum Gasteiger partial charge on any atom is 0.367 e. The van der Waals surface area contributed by atoms with Crippen molar-refractivity contribution in [1.82, 2.24) is 0 Å². The Labute approximate surface area is 107 Å². The van der Waals surface area contributed by atoms with Gasteiger partial charge in [-0.2, -0.15) is 0 Å². The fourth-order valence-corrected chi connectivity index (χ4v) is 3.89. The van der Waals surface area contributed by atoms with Crippen LogP contribution >= 0.6 is 19.4 Å². The minimum atomic E-state index is -3.21. The van der Waals surface area contributed by atoms with E-state index in [0.29, 0.717) is 17.9 Å². The standard InChI is InChI=1S/C12H17O3PS/c1-4-14-16(13,15-5-2)11(3)17-12-9-7-6-8-10-12/h6-10H,3-5H2,1-2H3. The van der Waals surface area contributed by atoms with Gasteiger partial charge in [-0.05, 0) is 26.0 Å². The molecule has 5 heteroatoms. The van der Waals surface area contributed by atoms with Crippen LogP contribution in [0.3, 0.4) is 0 Å². The van der Waals surface area contributed by atoms with Crippen molar-refractivity contribution in [3.05, 3.63) is 41.6 Å². The second-order valence-corrected chi connectivity index (χ2v) is 6.66. The minimum absolute atomic E-state index is 0.339. The minimum Gasteiger partial charge on any atom is -0.305 e. The summed E-state index contributed by atoms with van der Waals surface area (Å²) in [5.41, 5.74) is 0. The van der Waals surface area contributed by atoms with Crippen LogP contribution in [-0.2, 0) is 13.6 Å². The van der Waals surface area contributed by atoms with Crippen molar-refractivity contribution in [3.8, 4) is 0 Å².